The lowest BCUT2D eigenvalue weighted by Crippen LogP contribution is -2.33. The molecule has 0 spiro atoms. The third-order valence-electron chi connectivity index (χ3n) is 4.48. The molecule has 3 rings (SSSR count). The second-order valence-corrected chi connectivity index (χ2v) is 6.81. The molecule has 2 aliphatic rings. The van der Waals surface area contributed by atoms with Crippen molar-refractivity contribution in [1.82, 2.24) is 10.2 Å². The van der Waals surface area contributed by atoms with Gasteiger partial charge in [0.2, 0.25) is 0 Å². The molecule has 116 valence electrons. The zero-order valence-corrected chi connectivity index (χ0v) is 14.6. The Bertz CT molecular complexity index is 494. The Morgan fingerprint density at radius 2 is 1.86 bits per heavy atom. The van der Waals surface area contributed by atoms with E-state index in [0.717, 1.165) is 39.0 Å². The lowest BCUT2D eigenvalue weighted by atomic mass is 9.92. The summed E-state index contributed by atoms with van der Waals surface area (Å²) in [6, 6.07) is 4.80. The molecule has 2 fully saturated rings. The zero-order valence-electron chi connectivity index (χ0n) is 11.6. The topological polar surface area (TPSA) is 32.3 Å². The van der Waals surface area contributed by atoms with Crippen LogP contribution in [0.1, 0.15) is 23.2 Å². The van der Waals surface area contributed by atoms with E-state index in [1.807, 2.05) is 27.5 Å². The number of fused-ring (bicyclic) bond motifs is 1. The SMILES string of the molecule is Cl.O=C(c1c(F)cccc1I)N1CC[C@@H]2CNC[C@@H]2CC1. The van der Waals surface area contributed by atoms with Gasteiger partial charge < -0.3 is 10.2 Å². The molecule has 1 amide bonds. The van der Waals surface area contributed by atoms with Gasteiger partial charge >= 0.3 is 0 Å². The van der Waals surface area contributed by atoms with Crippen molar-refractivity contribution in [3.05, 3.63) is 33.1 Å². The van der Waals surface area contributed by atoms with Crippen LogP contribution < -0.4 is 5.32 Å². The summed E-state index contributed by atoms with van der Waals surface area (Å²) in [5.41, 5.74) is 0.235. The number of amides is 1. The maximum Gasteiger partial charge on any atom is 0.257 e. The van der Waals surface area contributed by atoms with Crippen molar-refractivity contribution in [2.75, 3.05) is 26.2 Å². The predicted molar refractivity (Wildman–Crippen MR) is 91.4 cm³/mol. The van der Waals surface area contributed by atoms with Crippen LogP contribution in [0, 0.1) is 21.2 Å². The highest BCUT2D eigenvalue weighted by Gasteiger charge is 2.32. The third-order valence-corrected chi connectivity index (χ3v) is 5.38. The average molecular weight is 425 g/mol. The summed E-state index contributed by atoms with van der Waals surface area (Å²) < 4.78 is 14.6. The molecule has 0 unspecified atom stereocenters. The number of carbonyl (C=O) groups excluding carboxylic acids is 1. The van der Waals surface area contributed by atoms with E-state index in [0.29, 0.717) is 15.4 Å². The van der Waals surface area contributed by atoms with Crippen LogP contribution in [0.3, 0.4) is 0 Å². The molecule has 3 nitrogen and oxygen atoms in total. The van der Waals surface area contributed by atoms with E-state index < -0.39 is 5.82 Å². The van der Waals surface area contributed by atoms with Gasteiger partial charge in [-0.2, -0.15) is 0 Å². The minimum absolute atomic E-state index is 0. The van der Waals surface area contributed by atoms with Crippen LogP contribution in [0.15, 0.2) is 18.2 Å². The van der Waals surface area contributed by atoms with Crippen LogP contribution in [-0.2, 0) is 0 Å². The van der Waals surface area contributed by atoms with E-state index >= 15 is 0 Å². The molecule has 1 aromatic rings. The van der Waals surface area contributed by atoms with Gasteiger partial charge in [0.25, 0.3) is 5.91 Å². The minimum Gasteiger partial charge on any atom is -0.339 e. The highest BCUT2D eigenvalue weighted by Crippen LogP contribution is 2.28. The fourth-order valence-corrected chi connectivity index (χ4v) is 3.98. The third kappa shape index (κ3) is 3.51. The molecule has 2 aliphatic heterocycles. The predicted octanol–water partition coefficient (Wildman–Crippen LogP) is 2.92. The average Bonchev–Trinajstić information content (AvgIpc) is 2.77. The molecule has 2 heterocycles. The number of halogens is 3. The van der Waals surface area contributed by atoms with E-state index in [4.69, 9.17) is 0 Å². The number of rotatable bonds is 1. The van der Waals surface area contributed by atoms with Crippen molar-refractivity contribution < 1.29 is 9.18 Å². The number of carbonyl (C=O) groups is 1. The van der Waals surface area contributed by atoms with E-state index in [-0.39, 0.29) is 23.9 Å². The Morgan fingerprint density at radius 3 is 2.43 bits per heavy atom. The highest BCUT2D eigenvalue weighted by atomic mass is 127. The van der Waals surface area contributed by atoms with Crippen LogP contribution in [0.4, 0.5) is 4.39 Å². The summed E-state index contributed by atoms with van der Waals surface area (Å²) in [5.74, 6) is 0.786. The number of nitrogens with one attached hydrogen (secondary N) is 1. The van der Waals surface area contributed by atoms with Crippen LogP contribution in [0.25, 0.3) is 0 Å². The zero-order chi connectivity index (χ0) is 14.1. The summed E-state index contributed by atoms with van der Waals surface area (Å²) in [7, 11) is 0. The van der Waals surface area contributed by atoms with Crippen molar-refractivity contribution in [1.29, 1.82) is 0 Å². The largest absolute Gasteiger partial charge is 0.339 e. The van der Waals surface area contributed by atoms with Gasteiger partial charge in [-0.05, 0) is 72.5 Å². The van der Waals surface area contributed by atoms with Gasteiger partial charge in [0.15, 0.2) is 0 Å². The monoisotopic (exact) mass is 424 g/mol. The molecule has 2 atom stereocenters. The van der Waals surface area contributed by atoms with Gasteiger partial charge in [-0.3, -0.25) is 4.79 Å². The molecule has 2 saturated heterocycles. The molecule has 0 radical (unpaired) electrons. The first-order chi connectivity index (χ1) is 9.66. The van der Waals surface area contributed by atoms with Gasteiger partial charge in [0.05, 0.1) is 5.56 Å². The highest BCUT2D eigenvalue weighted by molar-refractivity contribution is 14.1. The Morgan fingerprint density at radius 1 is 1.24 bits per heavy atom. The second kappa shape index (κ2) is 7.24. The van der Waals surface area contributed by atoms with Crippen molar-refractivity contribution in [2.45, 2.75) is 12.8 Å². The van der Waals surface area contributed by atoms with E-state index in [1.54, 1.807) is 12.1 Å². The van der Waals surface area contributed by atoms with Gasteiger partial charge in [0.1, 0.15) is 5.82 Å². The van der Waals surface area contributed by atoms with Gasteiger partial charge in [-0.15, -0.1) is 12.4 Å². The summed E-state index contributed by atoms with van der Waals surface area (Å²) in [4.78, 5) is 14.4. The molecule has 0 bridgehead atoms. The van der Waals surface area contributed by atoms with E-state index in [2.05, 4.69) is 5.32 Å². The Balaban J connectivity index is 0.00000161. The lowest BCUT2D eigenvalue weighted by Gasteiger charge is -2.21. The van der Waals surface area contributed by atoms with E-state index in [9.17, 15) is 9.18 Å². The van der Waals surface area contributed by atoms with Gasteiger partial charge in [0, 0.05) is 16.7 Å². The molecule has 0 saturated carbocycles. The number of benzene rings is 1. The number of likely N-dealkylation sites (tertiary alicyclic amines) is 1. The maximum atomic E-state index is 13.9. The number of hydrogen-bond donors (Lipinski definition) is 1. The molecule has 0 aromatic heterocycles. The molecule has 21 heavy (non-hydrogen) atoms. The first kappa shape index (κ1) is 17.0. The Labute approximate surface area is 144 Å². The normalized spacial score (nSPS) is 25.0. The van der Waals surface area contributed by atoms with Crippen molar-refractivity contribution in [2.24, 2.45) is 11.8 Å². The molecule has 0 aliphatic carbocycles. The molecular weight excluding hydrogens is 406 g/mol. The summed E-state index contributed by atoms with van der Waals surface area (Å²) in [6.45, 7) is 3.60. The maximum absolute atomic E-state index is 13.9. The first-order valence-corrected chi connectivity index (χ1v) is 8.18. The lowest BCUT2D eigenvalue weighted by molar-refractivity contribution is 0.0752. The minimum atomic E-state index is -0.409. The summed E-state index contributed by atoms with van der Waals surface area (Å²) in [5, 5.41) is 3.42. The van der Waals surface area contributed by atoms with Crippen LogP contribution in [-0.4, -0.2) is 37.0 Å². The molecule has 1 N–H and O–H groups in total. The van der Waals surface area contributed by atoms with E-state index in [1.165, 1.54) is 6.07 Å². The summed E-state index contributed by atoms with van der Waals surface area (Å²) >= 11 is 2.04. The molecule has 6 heteroatoms. The summed E-state index contributed by atoms with van der Waals surface area (Å²) in [6.07, 6.45) is 2.04. The quantitative estimate of drug-likeness (QED) is 0.703. The number of nitrogens with zero attached hydrogens (tertiary/aromatic N) is 1. The molecular formula is C15H19ClFIN2O. The Hall–Kier alpha value is -0.400. The van der Waals surface area contributed by atoms with Crippen molar-refractivity contribution in [3.8, 4) is 0 Å². The van der Waals surface area contributed by atoms with Crippen LogP contribution in [0.2, 0.25) is 0 Å². The smallest absolute Gasteiger partial charge is 0.257 e. The molecule has 1 aromatic carbocycles. The second-order valence-electron chi connectivity index (χ2n) is 5.64. The number of hydrogen-bond acceptors (Lipinski definition) is 2. The fraction of sp³-hybridized carbons (Fsp3) is 0.533. The first-order valence-electron chi connectivity index (χ1n) is 7.11. The standard InChI is InChI=1S/C15H18FIN2O.ClH/c16-12-2-1-3-13(17)14(12)15(20)19-6-4-10-8-18-9-11(10)5-7-19;/h1-3,10-11,18H,4-9H2;1H/t10-,11+;. The van der Waals surface area contributed by atoms with Crippen molar-refractivity contribution in [3.63, 3.8) is 0 Å². The van der Waals surface area contributed by atoms with Crippen LogP contribution >= 0.6 is 35.0 Å². The fourth-order valence-electron chi connectivity index (χ4n) is 3.28. The Kier molecular flexibility index (Phi) is 5.85. The van der Waals surface area contributed by atoms with Crippen LogP contribution in [0.5, 0.6) is 0 Å². The van der Waals surface area contributed by atoms with Crippen molar-refractivity contribution >= 4 is 40.9 Å². The van der Waals surface area contributed by atoms with Gasteiger partial charge in [-0.1, -0.05) is 6.07 Å². The van der Waals surface area contributed by atoms with Gasteiger partial charge in [-0.25, -0.2) is 4.39 Å².